The van der Waals surface area contributed by atoms with Crippen LogP contribution >= 0.6 is 17.0 Å². The number of benzene rings is 1. The fourth-order valence-electron chi connectivity index (χ4n) is 3.53. The molecule has 2 aliphatic rings. The molecule has 0 radical (unpaired) electrons. The van der Waals surface area contributed by atoms with E-state index in [-0.39, 0.29) is 22.8 Å². The fraction of sp³-hybridized carbons (Fsp3) is 0.353. The van der Waals surface area contributed by atoms with Crippen LogP contribution < -0.4 is 4.90 Å². The lowest BCUT2D eigenvalue weighted by atomic mass is 10.1. The van der Waals surface area contributed by atoms with Crippen LogP contribution in [0.3, 0.4) is 0 Å². The molecule has 1 aromatic carbocycles. The van der Waals surface area contributed by atoms with Gasteiger partial charge in [-0.25, -0.2) is 4.39 Å². The lowest BCUT2D eigenvalue weighted by molar-refractivity contribution is 0.292. The number of aromatic nitrogens is 1. The Labute approximate surface area is 140 Å². The molecule has 22 heavy (non-hydrogen) atoms. The second-order valence-electron chi connectivity index (χ2n) is 6.04. The number of hydrogen-bond acceptors (Lipinski definition) is 3. The van der Waals surface area contributed by atoms with Gasteiger partial charge in [-0.15, -0.1) is 17.0 Å². The minimum Gasteiger partial charge on any atom is -0.364 e. The Balaban J connectivity index is 0.00000144. The molecule has 4 rings (SSSR count). The molecule has 2 fully saturated rings. The highest BCUT2D eigenvalue weighted by molar-refractivity contribution is 8.93. The van der Waals surface area contributed by atoms with E-state index in [4.69, 9.17) is 0 Å². The molecule has 0 amide bonds. The first-order chi connectivity index (χ1) is 10.2. The summed E-state index contributed by atoms with van der Waals surface area (Å²) in [5.74, 6) is -0.215. The van der Waals surface area contributed by atoms with Crippen LogP contribution in [0.1, 0.15) is 6.42 Å². The number of anilines is 1. The van der Waals surface area contributed by atoms with Crippen molar-refractivity contribution in [2.75, 3.05) is 25.0 Å². The van der Waals surface area contributed by atoms with Crippen molar-refractivity contribution in [2.24, 2.45) is 0 Å². The number of piperazine rings is 1. The lowest BCUT2D eigenvalue weighted by Gasteiger charge is -2.33. The zero-order chi connectivity index (χ0) is 14.4. The van der Waals surface area contributed by atoms with Gasteiger partial charge in [-0.3, -0.25) is 9.88 Å². The quantitative estimate of drug-likeness (QED) is 0.815. The Morgan fingerprint density at radius 2 is 1.82 bits per heavy atom. The van der Waals surface area contributed by atoms with Crippen LogP contribution in [0.2, 0.25) is 0 Å². The van der Waals surface area contributed by atoms with Crippen LogP contribution in [0, 0.1) is 5.82 Å². The minimum absolute atomic E-state index is 0. The van der Waals surface area contributed by atoms with Gasteiger partial charge in [-0.1, -0.05) is 0 Å². The number of fused-ring (bicyclic) bond motifs is 2. The number of likely N-dealkylation sites (N-methyl/N-ethyl adjacent to an activating group) is 1. The van der Waals surface area contributed by atoms with Gasteiger partial charge < -0.3 is 4.90 Å². The third-order valence-electron chi connectivity index (χ3n) is 4.73. The maximum Gasteiger partial charge on any atom is 0.123 e. The van der Waals surface area contributed by atoms with Gasteiger partial charge in [0.05, 0.1) is 17.6 Å². The number of hydrogen-bond donors (Lipinski definition) is 0. The van der Waals surface area contributed by atoms with Crippen LogP contribution in [0.25, 0.3) is 11.3 Å². The van der Waals surface area contributed by atoms with Crippen LogP contribution in [0.15, 0.2) is 42.6 Å². The largest absolute Gasteiger partial charge is 0.364 e. The molecule has 0 spiro atoms. The van der Waals surface area contributed by atoms with Crippen molar-refractivity contribution in [2.45, 2.75) is 18.5 Å². The van der Waals surface area contributed by atoms with Crippen molar-refractivity contribution in [3.8, 4) is 11.3 Å². The average Bonchev–Trinajstić information content (AvgIpc) is 3.07. The number of pyridine rings is 1. The molecular weight excluding hydrogens is 345 g/mol. The standard InChI is InChI=1S/C17H18FN3.BrH/c1-20-10-16-8-15(20)11-21(16)14-6-7-17(19-9-14)12-2-4-13(18)5-3-12;/h2-7,9,15-16H,8,10-11H2,1H3;1H. The van der Waals surface area contributed by atoms with Crippen LogP contribution in [-0.2, 0) is 0 Å². The van der Waals surface area contributed by atoms with E-state index < -0.39 is 0 Å². The Morgan fingerprint density at radius 1 is 1.05 bits per heavy atom. The topological polar surface area (TPSA) is 19.4 Å². The second kappa shape index (κ2) is 5.97. The van der Waals surface area contributed by atoms with Gasteiger partial charge in [-0.2, -0.15) is 0 Å². The Morgan fingerprint density at radius 3 is 2.36 bits per heavy atom. The van der Waals surface area contributed by atoms with Gasteiger partial charge in [0.25, 0.3) is 0 Å². The summed E-state index contributed by atoms with van der Waals surface area (Å²) in [6.45, 7) is 2.24. The number of likely N-dealkylation sites (tertiary alicyclic amines) is 1. The third-order valence-corrected chi connectivity index (χ3v) is 4.73. The number of nitrogens with zero attached hydrogens (tertiary/aromatic N) is 3. The Hall–Kier alpha value is -1.46. The molecule has 2 atom stereocenters. The first-order valence-corrected chi connectivity index (χ1v) is 7.39. The second-order valence-corrected chi connectivity index (χ2v) is 6.04. The summed E-state index contributed by atoms with van der Waals surface area (Å²) in [7, 11) is 2.21. The first-order valence-electron chi connectivity index (χ1n) is 7.39. The summed E-state index contributed by atoms with van der Waals surface area (Å²) in [4.78, 5) is 9.46. The van der Waals surface area contributed by atoms with Crippen molar-refractivity contribution in [3.05, 3.63) is 48.4 Å². The van der Waals surface area contributed by atoms with Gasteiger partial charge in [-0.05, 0) is 49.9 Å². The molecule has 0 saturated carbocycles. The van der Waals surface area contributed by atoms with Crippen LogP contribution in [0.4, 0.5) is 10.1 Å². The molecule has 2 aliphatic heterocycles. The normalized spacial score (nSPS) is 23.6. The molecule has 0 aliphatic carbocycles. The molecule has 0 N–H and O–H groups in total. The third kappa shape index (κ3) is 2.63. The first kappa shape index (κ1) is 15.4. The van der Waals surface area contributed by atoms with Gasteiger partial charge in [0.2, 0.25) is 0 Å². The highest BCUT2D eigenvalue weighted by Crippen LogP contribution is 2.33. The maximum absolute atomic E-state index is 13.0. The molecule has 2 saturated heterocycles. The molecule has 3 heterocycles. The van der Waals surface area contributed by atoms with Crippen LogP contribution in [-0.4, -0.2) is 42.1 Å². The molecule has 2 bridgehead atoms. The van der Waals surface area contributed by atoms with Crippen molar-refractivity contribution in [3.63, 3.8) is 0 Å². The molecular formula is C17H19BrFN3. The van der Waals surface area contributed by atoms with Crippen molar-refractivity contribution in [1.82, 2.24) is 9.88 Å². The molecule has 1 aromatic heterocycles. The van der Waals surface area contributed by atoms with Gasteiger partial charge in [0.15, 0.2) is 0 Å². The number of rotatable bonds is 2. The zero-order valence-electron chi connectivity index (χ0n) is 12.4. The van der Waals surface area contributed by atoms with Crippen molar-refractivity contribution < 1.29 is 4.39 Å². The smallest absolute Gasteiger partial charge is 0.123 e. The van der Waals surface area contributed by atoms with E-state index in [1.807, 2.05) is 12.3 Å². The van der Waals surface area contributed by atoms with E-state index in [0.717, 1.165) is 24.3 Å². The monoisotopic (exact) mass is 363 g/mol. The summed E-state index contributed by atoms with van der Waals surface area (Å²) < 4.78 is 13.0. The average molecular weight is 364 g/mol. The SMILES string of the molecule is Br.CN1CC2CC1CN2c1ccc(-c2ccc(F)cc2)nc1. The van der Waals surface area contributed by atoms with E-state index in [2.05, 4.69) is 27.9 Å². The minimum atomic E-state index is -0.215. The van der Waals surface area contributed by atoms with E-state index in [9.17, 15) is 4.39 Å². The summed E-state index contributed by atoms with van der Waals surface area (Å²) in [5.41, 5.74) is 3.03. The van der Waals surface area contributed by atoms with E-state index in [1.54, 1.807) is 12.1 Å². The maximum atomic E-state index is 13.0. The highest BCUT2D eigenvalue weighted by Gasteiger charge is 2.41. The summed E-state index contributed by atoms with van der Waals surface area (Å²) in [6.07, 6.45) is 3.20. The lowest BCUT2D eigenvalue weighted by Crippen LogP contribution is -2.44. The predicted molar refractivity (Wildman–Crippen MR) is 92.1 cm³/mol. The molecule has 5 heteroatoms. The summed E-state index contributed by atoms with van der Waals surface area (Å²) in [6, 6.07) is 11.9. The molecule has 2 unspecified atom stereocenters. The van der Waals surface area contributed by atoms with E-state index in [1.165, 1.54) is 24.2 Å². The van der Waals surface area contributed by atoms with E-state index >= 15 is 0 Å². The van der Waals surface area contributed by atoms with Crippen molar-refractivity contribution >= 4 is 22.7 Å². The predicted octanol–water partition coefficient (Wildman–Crippen LogP) is 3.36. The Bertz CT molecular complexity index is 642. The molecule has 3 nitrogen and oxygen atoms in total. The fourth-order valence-corrected chi connectivity index (χ4v) is 3.53. The molecule has 2 aromatic rings. The summed E-state index contributed by atoms with van der Waals surface area (Å²) in [5, 5.41) is 0. The van der Waals surface area contributed by atoms with Gasteiger partial charge in [0.1, 0.15) is 5.82 Å². The van der Waals surface area contributed by atoms with Crippen LogP contribution in [0.5, 0.6) is 0 Å². The number of halogens is 2. The zero-order valence-corrected chi connectivity index (χ0v) is 14.2. The van der Waals surface area contributed by atoms with Crippen molar-refractivity contribution in [1.29, 1.82) is 0 Å². The van der Waals surface area contributed by atoms with Gasteiger partial charge in [0, 0.05) is 30.7 Å². The van der Waals surface area contributed by atoms with Gasteiger partial charge >= 0.3 is 0 Å². The Kier molecular flexibility index (Phi) is 4.19. The molecule has 116 valence electrons. The van der Waals surface area contributed by atoms with E-state index in [0.29, 0.717) is 12.1 Å². The summed E-state index contributed by atoms with van der Waals surface area (Å²) >= 11 is 0. The highest BCUT2D eigenvalue weighted by atomic mass is 79.9.